The molecule has 0 aliphatic heterocycles. The minimum atomic E-state index is -2.03. The summed E-state index contributed by atoms with van der Waals surface area (Å²) in [5.74, 6) is -0.990. The highest BCUT2D eigenvalue weighted by molar-refractivity contribution is 6.30. The van der Waals surface area contributed by atoms with Gasteiger partial charge in [0.05, 0.1) is 6.07 Å². The van der Waals surface area contributed by atoms with Crippen molar-refractivity contribution in [1.29, 1.82) is 5.26 Å². The molecular formula is C18H20Cl2N6O3. The van der Waals surface area contributed by atoms with Crippen LogP contribution in [0, 0.1) is 18.3 Å². The molecule has 3 N–H and O–H groups in total. The third-order valence-corrected chi connectivity index (χ3v) is 4.75. The second-order valence-electron chi connectivity index (χ2n) is 6.49. The summed E-state index contributed by atoms with van der Waals surface area (Å²) in [4.78, 5) is 24.2. The number of rotatable bonds is 8. The van der Waals surface area contributed by atoms with Crippen molar-refractivity contribution >= 4 is 41.1 Å². The fraction of sp³-hybridized carbons (Fsp3) is 0.389. The van der Waals surface area contributed by atoms with E-state index >= 15 is 0 Å². The van der Waals surface area contributed by atoms with Crippen molar-refractivity contribution in [3.63, 3.8) is 0 Å². The molecule has 0 saturated carbocycles. The average Bonchev–Trinajstić information content (AvgIpc) is 2.63. The first-order valence-electron chi connectivity index (χ1n) is 8.58. The van der Waals surface area contributed by atoms with Crippen molar-refractivity contribution in [2.45, 2.75) is 38.8 Å². The summed E-state index contributed by atoms with van der Waals surface area (Å²) in [6.07, 6.45) is 0. The topological polar surface area (TPSA) is 133 Å². The maximum atomic E-state index is 12.2. The van der Waals surface area contributed by atoms with Crippen molar-refractivity contribution in [3.8, 4) is 11.8 Å². The van der Waals surface area contributed by atoms with Crippen LogP contribution in [0.4, 0.5) is 11.9 Å². The Morgan fingerprint density at radius 3 is 2.48 bits per heavy atom. The number of benzene rings is 1. The largest absolute Gasteiger partial charge is 0.478 e. The molecule has 0 radical (unpaired) electrons. The summed E-state index contributed by atoms with van der Waals surface area (Å²) in [6, 6.07) is 6.70. The zero-order valence-electron chi connectivity index (χ0n) is 16.2. The van der Waals surface area contributed by atoms with Crippen LogP contribution in [0.5, 0.6) is 5.75 Å². The maximum Gasteiger partial charge on any atom is 0.351 e. The Labute approximate surface area is 178 Å². The lowest BCUT2D eigenvalue weighted by molar-refractivity contribution is -0.156. The highest BCUT2D eigenvalue weighted by Gasteiger charge is 2.55. The third-order valence-electron chi connectivity index (χ3n) is 4.34. The smallest absolute Gasteiger partial charge is 0.351 e. The quantitative estimate of drug-likeness (QED) is 0.565. The molecule has 2 rings (SSSR count). The molecule has 0 amide bonds. The van der Waals surface area contributed by atoms with Gasteiger partial charge in [0.2, 0.25) is 22.8 Å². The van der Waals surface area contributed by atoms with E-state index in [2.05, 4.69) is 25.6 Å². The number of anilines is 2. The van der Waals surface area contributed by atoms with Crippen LogP contribution in [0.3, 0.4) is 0 Å². The first kappa shape index (κ1) is 22.5. The first-order chi connectivity index (χ1) is 13.5. The number of aliphatic carboxylic acids is 1. The van der Waals surface area contributed by atoms with Crippen LogP contribution in [0.1, 0.15) is 26.3 Å². The number of carboxylic acids is 1. The molecule has 9 nitrogen and oxygen atoms in total. The summed E-state index contributed by atoms with van der Waals surface area (Å²) in [6.45, 7) is 6.74. The molecule has 2 unspecified atom stereocenters. The molecule has 0 spiro atoms. The summed E-state index contributed by atoms with van der Waals surface area (Å²) in [5.41, 5.74) is -3.21. The minimum absolute atomic E-state index is 0.0751. The molecular weight excluding hydrogens is 419 g/mol. The lowest BCUT2D eigenvalue weighted by atomic mass is 9.83. The van der Waals surface area contributed by atoms with Gasteiger partial charge >= 0.3 is 5.97 Å². The first-order valence-corrected chi connectivity index (χ1v) is 9.33. The van der Waals surface area contributed by atoms with Crippen LogP contribution in [-0.2, 0) is 4.79 Å². The van der Waals surface area contributed by atoms with Crippen LogP contribution in [0.15, 0.2) is 18.2 Å². The molecule has 0 saturated heterocycles. The molecule has 0 bridgehead atoms. The Balaban J connectivity index is 2.47. The Bertz CT molecular complexity index is 967. The molecule has 154 valence electrons. The van der Waals surface area contributed by atoms with E-state index in [0.29, 0.717) is 17.1 Å². The van der Waals surface area contributed by atoms with Crippen molar-refractivity contribution in [3.05, 3.63) is 34.1 Å². The lowest BCUT2D eigenvalue weighted by Crippen LogP contribution is -2.63. The van der Waals surface area contributed by atoms with Gasteiger partial charge in [0.1, 0.15) is 5.75 Å². The molecule has 1 heterocycles. The van der Waals surface area contributed by atoms with Gasteiger partial charge in [-0.05, 0) is 63.1 Å². The van der Waals surface area contributed by atoms with Crippen LogP contribution >= 0.6 is 23.2 Å². The highest BCUT2D eigenvalue weighted by Crippen LogP contribution is 2.34. The van der Waals surface area contributed by atoms with Gasteiger partial charge in [-0.25, -0.2) is 4.79 Å². The summed E-state index contributed by atoms with van der Waals surface area (Å²) < 4.78 is 5.82. The van der Waals surface area contributed by atoms with Crippen molar-refractivity contribution in [2.24, 2.45) is 0 Å². The number of carbonyl (C=O) groups is 1. The fourth-order valence-corrected chi connectivity index (χ4v) is 2.81. The Morgan fingerprint density at radius 2 is 1.93 bits per heavy atom. The van der Waals surface area contributed by atoms with Crippen LogP contribution in [0.25, 0.3) is 0 Å². The molecule has 0 fully saturated rings. The number of ether oxygens (including phenoxy) is 1. The fourth-order valence-electron chi connectivity index (χ4n) is 2.43. The third kappa shape index (κ3) is 4.78. The van der Waals surface area contributed by atoms with Crippen LogP contribution < -0.4 is 15.4 Å². The van der Waals surface area contributed by atoms with E-state index in [-0.39, 0.29) is 22.9 Å². The Kier molecular flexibility index (Phi) is 6.72. The Hall–Kier alpha value is -2.83. The normalized spacial score (nSPS) is 14.8. The van der Waals surface area contributed by atoms with Gasteiger partial charge in [0.15, 0.2) is 5.54 Å². The number of halogens is 2. The molecule has 2 atom stereocenters. The predicted molar refractivity (Wildman–Crippen MR) is 109 cm³/mol. The SMILES string of the molecule is CCNc1nc(Cl)nc(NC(C)(C#N)C(C)(Oc2ccc(Cl)cc2C)C(=O)O)n1. The number of aromatic nitrogens is 3. The molecule has 2 aromatic rings. The van der Waals surface area contributed by atoms with Crippen LogP contribution in [0.2, 0.25) is 10.3 Å². The monoisotopic (exact) mass is 438 g/mol. The Morgan fingerprint density at radius 1 is 1.28 bits per heavy atom. The van der Waals surface area contributed by atoms with Gasteiger partial charge in [-0.1, -0.05) is 11.6 Å². The van der Waals surface area contributed by atoms with Gasteiger partial charge < -0.3 is 20.5 Å². The second kappa shape index (κ2) is 8.68. The van der Waals surface area contributed by atoms with Crippen molar-refractivity contribution < 1.29 is 14.6 Å². The maximum absolute atomic E-state index is 12.2. The van der Waals surface area contributed by atoms with Crippen molar-refractivity contribution in [1.82, 2.24) is 15.0 Å². The zero-order valence-corrected chi connectivity index (χ0v) is 17.8. The highest BCUT2D eigenvalue weighted by atomic mass is 35.5. The van der Waals surface area contributed by atoms with Gasteiger partial charge in [0.25, 0.3) is 0 Å². The van der Waals surface area contributed by atoms with E-state index in [1.165, 1.54) is 13.8 Å². The molecule has 0 aliphatic rings. The zero-order chi connectivity index (χ0) is 21.8. The number of hydrogen-bond donors (Lipinski definition) is 3. The number of aryl methyl sites for hydroxylation is 1. The summed E-state index contributed by atoms with van der Waals surface area (Å²) >= 11 is 11.9. The number of carboxylic acid groups (broad SMARTS) is 1. The molecule has 29 heavy (non-hydrogen) atoms. The predicted octanol–water partition coefficient (Wildman–Crippen LogP) is 3.54. The molecule has 0 aliphatic carbocycles. The number of nitriles is 1. The number of hydrogen-bond acceptors (Lipinski definition) is 8. The van der Waals surface area contributed by atoms with E-state index in [9.17, 15) is 15.2 Å². The van der Waals surface area contributed by atoms with E-state index in [0.717, 1.165) is 0 Å². The number of nitrogens with zero attached hydrogens (tertiary/aromatic N) is 4. The lowest BCUT2D eigenvalue weighted by Gasteiger charge is -2.39. The molecule has 1 aromatic heterocycles. The molecule has 11 heteroatoms. The van der Waals surface area contributed by atoms with Gasteiger partial charge in [-0.2, -0.15) is 20.2 Å². The van der Waals surface area contributed by atoms with Gasteiger partial charge in [-0.15, -0.1) is 0 Å². The van der Waals surface area contributed by atoms with Crippen LogP contribution in [-0.4, -0.2) is 43.7 Å². The van der Waals surface area contributed by atoms with Gasteiger partial charge in [0, 0.05) is 11.6 Å². The standard InChI is InChI=1S/C18H20Cl2N6O3/c1-5-22-15-23-14(20)24-16(25-15)26-17(3,9-21)18(4,13(27)28)29-12-7-6-11(19)8-10(12)2/h6-8H,5H2,1-4H3,(H,27,28)(H2,22,23,24,25,26). The minimum Gasteiger partial charge on any atom is -0.478 e. The average molecular weight is 439 g/mol. The second-order valence-corrected chi connectivity index (χ2v) is 7.27. The van der Waals surface area contributed by atoms with Gasteiger partial charge in [-0.3, -0.25) is 0 Å². The summed E-state index contributed by atoms with van der Waals surface area (Å²) in [7, 11) is 0. The number of nitrogens with one attached hydrogen (secondary N) is 2. The van der Waals surface area contributed by atoms with E-state index in [4.69, 9.17) is 27.9 Å². The summed E-state index contributed by atoms with van der Waals surface area (Å²) in [5, 5.41) is 25.8. The van der Waals surface area contributed by atoms with E-state index in [1.54, 1.807) is 25.1 Å². The van der Waals surface area contributed by atoms with E-state index in [1.807, 2.05) is 13.0 Å². The van der Waals surface area contributed by atoms with E-state index < -0.39 is 17.1 Å². The molecule has 1 aromatic carbocycles. The van der Waals surface area contributed by atoms with Crippen molar-refractivity contribution in [2.75, 3.05) is 17.2 Å².